The molecule has 106 valence electrons. The highest BCUT2D eigenvalue weighted by Crippen LogP contribution is 2.09. The Morgan fingerprint density at radius 1 is 1.10 bits per heavy atom. The van der Waals surface area contributed by atoms with E-state index in [1.165, 1.54) is 5.56 Å². The summed E-state index contributed by atoms with van der Waals surface area (Å²) in [5, 5.41) is 12.4. The van der Waals surface area contributed by atoms with Gasteiger partial charge >= 0.3 is 5.97 Å². The maximum Gasteiger partial charge on any atom is 0.356 e. The van der Waals surface area contributed by atoms with Gasteiger partial charge in [-0.2, -0.15) is 0 Å². The zero-order valence-electron chi connectivity index (χ0n) is 11.4. The second-order valence-electron chi connectivity index (χ2n) is 4.77. The summed E-state index contributed by atoms with van der Waals surface area (Å²) in [6, 6.07) is 15.8. The molecule has 0 aliphatic rings. The smallest absolute Gasteiger partial charge is 0.356 e. The van der Waals surface area contributed by atoms with E-state index in [1.54, 1.807) is 16.7 Å². The Kier molecular flexibility index (Phi) is 3.66. The molecule has 0 spiro atoms. The normalized spacial score (nSPS) is 10.9. The van der Waals surface area contributed by atoms with Crippen LogP contribution in [0.2, 0.25) is 0 Å². The summed E-state index contributed by atoms with van der Waals surface area (Å²) in [5.74, 6) is -1.01. The molecule has 3 rings (SSSR count). The lowest BCUT2D eigenvalue weighted by Gasteiger charge is -2.07. The van der Waals surface area contributed by atoms with Crippen LogP contribution in [0, 0.1) is 0 Å². The van der Waals surface area contributed by atoms with E-state index in [1.807, 2.05) is 30.3 Å². The first kappa shape index (κ1) is 13.3. The van der Waals surface area contributed by atoms with Crippen molar-refractivity contribution in [2.45, 2.75) is 13.1 Å². The molecule has 0 radical (unpaired) electrons. The largest absolute Gasteiger partial charge is 0.476 e. The Morgan fingerprint density at radius 2 is 1.90 bits per heavy atom. The molecule has 2 heterocycles. The van der Waals surface area contributed by atoms with E-state index in [9.17, 15) is 4.79 Å². The summed E-state index contributed by atoms with van der Waals surface area (Å²) < 4.78 is 1.81. The third kappa shape index (κ3) is 2.93. The van der Waals surface area contributed by atoms with Crippen LogP contribution in [-0.2, 0) is 13.1 Å². The van der Waals surface area contributed by atoms with Crippen molar-refractivity contribution < 1.29 is 9.90 Å². The number of rotatable bonds is 5. The van der Waals surface area contributed by atoms with Crippen molar-refractivity contribution in [1.82, 2.24) is 14.7 Å². The fraction of sp³-hybridized carbons (Fsp3) is 0.125. The maximum absolute atomic E-state index is 11.0. The number of nitrogens with one attached hydrogen (secondary N) is 1. The van der Waals surface area contributed by atoms with E-state index in [0.29, 0.717) is 12.2 Å². The van der Waals surface area contributed by atoms with E-state index in [2.05, 4.69) is 22.4 Å². The van der Waals surface area contributed by atoms with Gasteiger partial charge in [-0.3, -0.25) is 0 Å². The summed E-state index contributed by atoms with van der Waals surface area (Å²) in [6.07, 6.45) is 1.55. The van der Waals surface area contributed by atoms with Crippen LogP contribution in [0.15, 0.2) is 54.7 Å². The van der Waals surface area contributed by atoms with Gasteiger partial charge in [0.2, 0.25) is 0 Å². The number of aromatic carboxylic acids is 1. The third-order valence-electron chi connectivity index (χ3n) is 3.27. The van der Waals surface area contributed by atoms with E-state index in [-0.39, 0.29) is 5.69 Å². The maximum atomic E-state index is 11.0. The van der Waals surface area contributed by atoms with Gasteiger partial charge in [0.15, 0.2) is 5.69 Å². The fourth-order valence-electron chi connectivity index (χ4n) is 2.25. The number of hydrogen-bond acceptors (Lipinski definition) is 3. The number of carboxylic acids is 1. The molecule has 0 fully saturated rings. The minimum absolute atomic E-state index is 0.0607. The molecular weight excluding hydrogens is 266 g/mol. The quantitative estimate of drug-likeness (QED) is 0.753. The standard InChI is InChI=1S/C16H15N3O2/c20-16(21)14-11-19-13(7-4-8-15(19)18-14)10-17-9-12-5-2-1-3-6-12/h1-8,11,17H,9-10H2,(H,20,21). The van der Waals surface area contributed by atoms with Crippen molar-refractivity contribution >= 4 is 11.6 Å². The lowest BCUT2D eigenvalue weighted by atomic mass is 10.2. The average Bonchev–Trinajstić information content (AvgIpc) is 2.94. The molecule has 0 saturated heterocycles. The number of fused-ring (bicyclic) bond motifs is 1. The molecule has 0 aliphatic carbocycles. The third-order valence-corrected chi connectivity index (χ3v) is 3.27. The number of carbonyl (C=O) groups is 1. The lowest BCUT2D eigenvalue weighted by Crippen LogP contribution is -2.14. The number of imidazole rings is 1. The molecule has 5 nitrogen and oxygen atoms in total. The summed E-state index contributed by atoms with van der Waals surface area (Å²) in [7, 11) is 0. The predicted molar refractivity (Wildman–Crippen MR) is 79.1 cm³/mol. The van der Waals surface area contributed by atoms with E-state index in [4.69, 9.17) is 5.11 Å². The van der Waals surface area contributed by atoms with E-state index in [0.717, 1.165) is 12.2 Å². The molecule has 21 heavy (non-hydrogen) atoms. The number of pyridine rings is 1. The molecular formula is C16H15N3O2. The van der Waals surface area contributed by atoms with Crippen molar-refractivity contribution in [2.75, 3.05) is 0 Å². The molecule has 0 unspecified atom stereocenters. The fourth-order valence-corrected chi connectivity index (χ4v) is 2.25. The van der Waals surface area contributed by atoms with Crippen LogP contribution in [0.25, 0.3) is 5.65 Å². The van der Waals surface area contributed by atoms with Gasteiger partial charge in [-0.15, -0.1) is 0 Å². The zero-order chi connectivity index (χ0) is 14.7. The Hall–Kier alpha value is -2.66. The molecule has 0 aliphatic heterocycles. The minimum Gasteiger partial charge on any atom is -0.476 e. The van der Waals surface area contributed by atoms with Gasteiger partial charge in [0.05, 0.1) is 0 Å². The summed E-state index contributed by atoms with van der Waals surface area (Å²) in [6.45, 7) is 1.40. The molecule has 0 amide bonds. The molecule has 0 atom stereocenters. The van der Waals surface area contributed by atoms with Gasteiger partial charge in [-0.05, 0) is 17.7 Å². The van der Waals surface area contributed by atoms with Gasteiger partial charge in [0, 0.05) is 25.0 Å². The molecule has 3 aromatic rings. The zero-order valence-corrected chi connectivity index (χ0v) is 11.4. The Labute approximate surface area is 121 Å². The van der Waals surface area contributed by atoms with Crippen molar-refractivity contribution in [3.63, 3.8) is 0 Å². The van der Waals surface area contributed by atoms with Crippen LogP contribution >= 0.6 is 0 Å². The van der Waals surface area contributed by atoms with Crippen LogP contribution in [0.1, 0.15) is 21.7 Å². The van der Waals surface area contributed by atoms with Crippen LogP contribution in [0.5, 0.6) is 0 Å². The molecule has 0 bridgehead atoms. The molecule has 2 aromatic heterocycles. The Balaban J connectivity index is 1.76. The van der Waals surface area contributed by atoms with Gasteiger partial charge in [0.1, 0.15) is 5.65 Å². The van der Waals surface area contributed by atoms with Gasteiger partial charge < -0.3 is 14.8 Å². The second-order valence-corrected chi connectivity index (χ2v) is 4.77. The van der Waals surface area contributed by atoms with Crippen LogP contribution in [0.3, 0.4) is 0 Å². The highest BCUT2D eigenvalue weighted by Gasteiger charge is 2.10. The van der Waals surface area contributed by atoms with Crippen molar-refractivity contribution in [1.29, 1.82) is 0 Å². The number of hydrogen-bond donors (Lipinski definition) is 2. The van der Waals surface area contributed by atoms with Crippen molar-refractivity contribution in [3.8, 4) is 0 Å². The topological polar surface area (TPSA) is 66.6 Å². The molecule has 1 aromatic carbocycles. The molecule has 2 N–H and O–H groups in total. The summed E-state index contributed by atoms with van der Waals surface area (Å²) in [4.78, 5) is 15.1. The Morgan fingerprint density at radius 3 is 2.67 bits per heavy atom. The lowest BCUT2D eigenvalue weighted by molar-refractivity contribution is 0.0691. The van der Waals surface area contributed by atoms with Crippen molar-refractivity contribution in [2.24, 2.45) is 0 Å². The molecule has 0 saturated carbocycles. The minimum atomic E-state index is -1.01. The first-order valence-corrected chi connectivity index (χ1v) is 6.69. The molecule has 5 heteroatoms. The highest BCUT2D eigenvalue weighted by atomic mass is 16.4. The van der Waals surface area contributed by atoms with E-state index >= 15 is 0 Å². The van der Waals surface area contributed by atoms with Gasteiger partial charge in [-0.1, -0.05) is 36.4 Å². The van der Waals surface area contributed by atoms with Crippen LogP contribution < -0.4 is 5.32 Å². The predicted octanol–water partition coefficient (Wildman–Crippen LogP) is 2.32. The van der Waals surface area contributed by atoms with E-state index < -0.39 is 5.97 Å². The van der Waals surface area contributed by atoms with Crippen LogP contribution in [0.4, 0.5) is 0 Å². The number of carboxylic acid groups (broad SMARTS) is 1. The monoisotopic (exact) mass is 281 g/mol. The van der Waals surface area contributed by atoms with Gasteiger partial charge in [0.25, 0.3) is 0 Å². The Bertz CT molecular complexity index is 766. The first-order valence-electron chi connectivity index (χ1n) is 6.69. The summed E-state index contributed by atoms with van der Waals surface area (Å²) in [5.41, 5.74) is 2.89. The van der Waals surface area contributed by atoms with Crippen molar-refractivity contribution in [3.05, 3.63) is 71.7 Å². The van der Waals surface area contributed by atoms with Crippen LogP contribution in [-0.4, -0.2) is 20.5 Å². The highest BCUT2D eigenvalue weighted by molar-refractivity contribution is 5.86. The number of aromatic nitrogens is 2. The number of nitrogens with zero attached hydrogens (tertiary/aromatic N) is 2. The van der Waals surface area contributed by atoms with Gasteiger partial charge in [-0.25, -0.2) is 9.78 Å². The first-order chi connectivity index (χ1) is 10.2. The summed E-state index contributed by atoms with van der Waals surface area (Å²) >= 11 is 0. The second kappa shape index (κ2) is 5.76. The number of benzene rings is 1. The average molecular weight is 281 g/mol. The SMILES string of the molecule is O=C(O)c1cn2c(CNCc3ccccc3)cccc2n1.